The van der Waals surface area contributed by atoms with Crippen LogP contribution in [0.1, 0.15) is 18.7 Å². The maximum Gasteiger partial charge on any atom is 0.309 e. The van der Waals surface area contributed by atoms with Crippen molar-refractivity contribution in [2.24, 2.45) is 0 Å². The van der Waals surface area contributed by atoms with Crippen molar-refractivity contribution in [3.05, 3.63) is 46.3 Å². The van der Waals surface area contributed by atoms with Gasteiger partial charge in [-0.15, -0.1) is 0 Å². The number of nitrogens with one attached hydrogen (secondary N) is 1. The molecule has 1 aromatic heterocycles. The van der Waals surface area contributed by atoms with Crippen LogP contribution in [0.3, 0.4) is 0 Å². The molecule has 1 unspecified atom stereocenters. The lowest BCUT2D eigenvalue weighted by Gasteiger charge is -2.26. The Labute approximate surface area is 167 Å². The summed E-state index contributed by atoms with van der Waals surface area (Å²) in [4.78, 5) is 23.0. The molecule has 2 heterocycles. The molecule has 1 aliphatic heterocycles. The molecule has 0 saturated carbocycles. The average Bonchev–Trinajstić information content (AvgIpc) is 3.10. The van der Waals surface area contributed by atoms with E-state index in [0.29, 0.717) is 32.0 Å². The molecule has 1 N–H and O–H groups in total. The van der Waals surface area contributed by atoms with E-state index < -0.39 is 26.9 Å². The monoisotopic (exact) mass is 423 g/mol. The third-order valence-electron chi connectivity index (χ3n) is 4.69. The number of hydrogen-bond donors (Lipinski definition) is 1. The Balaban J connectivity index is 1.70. The number of nitro groups is 1. The first-order valence-corrected chi connectivity index (χ1v) is 10.3. The molecule has 0 spiro atoms. The minimum atomic E-state index is -3.61. The second-order valence-electron chi connectivity index (χ2n) is 6.52. The maximum atomic E-state index is 12.6. The van der Waals surface area contributed by atoms with Crippen molar-refractivity contribution in [3.63, 3.8) is 0 Å². The Morgan fingerprint density at radius 2 is 1.90 bits per heavy atom. The number of sulfonamides is 1. The summed E-state index contributed by atoms with van der Waals surface area (Å²) >= 11 is 0. The molecule has 2 aromatic rings. The van der Waals surface area contributed by atoms with Gasteiger partial charge in [0.25, 0.3) is 0 Å². The summed E-state index contributed by atoms with van der Waals surface area (Å²) in [5, 5.41) is 17.5. The number of carbonyl (C=O) groups is 1. The fourth-order valence-electron chi connectivity index (χ4n) is 2.99. The van der Waals surface area contributed by atoms with Gasteiger partial charge in [-0.3, -0.25) is 19.6 Å². The van der Waals surface area contributed by atoms with Crippen LogP contribution in [0.2, 0.25) is 0 Å². The van der Waals surface area contributed by atoms with Crippen LogP contribution in [0, 0.1) is 17.0 Å². The van der Waals surface area contributed by atoms with Gasteiger partial charge in [-0.2, -0.15) is 9.40 Å². The van der Waals surface area contributed by atoms with E-state index in [9.17, 15) is 23.3 Å². The van der Waals surface area contributed by atoms with Crippen LogP contribution in [0.15, 0.2) is 35.4 Å². The normalized spacial score (nSPS) is 16.3. The molecule has 3 rings (SSSR count). The molecule has 1 aliphatic rings. The summed E-state index contributed by atoms with van der Waals surface area (Å²) in [5.41, 5.74) is 0.508. The lowest BCUT2D eigenvalue weighted by molar-refractivity contribution is -0.385. The van der Waals surface area contributed by atoms with Crippen molar-refractivity contribution in [2.45, 2.75) is 24.8 Å². The fourth-order valence-corrected chi connectivity index (χ4v) is 4.40. The molecule has 1 amide bonds. The number of nitrogens with zero attached hydrogens (tertiary/aromatic N) is 4. The largest absolute Gasteiger partial charge is 0.379 e. The molecule has 1 atom stereocenters. The molecular formula is C17H21N5O6S. The lowest BCUT2D eigenvalue weighted by atomic mass is 10.2. The molecule has 156 valence electrons. The first kappa shape index (κ1) is 20.9. The van der Waals surface area contributed by atoms with Crippen molar-refractivity contribution in [2.75, 3.05) is 31.6 Å². The van der Waals surface area contributed by atoms with Gasteiger partial charge in [0.2, 0.25) is 15.9 Å². The number of aromatic nitrogens is 2. The predicted molar refractivity (Wildman–Crippen MR) is 103 cm³/mol. The number of carbonyl (C=O) groups excluding carboxylic acids is 1. The van der Waals surface area contributed by atoms with E-state index >= 15 is 0 Å². The SMILES string of the molecule is Cc1c([N+](=O)[O-])cnn1C(C)C(=O)Nc1ccc(S(=O)(=O)N2CCOCC2)cc1. The second-order valence-corrected chi connectivity index (χ2v) is 8.46. The molecule has 0 radical (unpaired) electrons. The standard InChI is InChI=1S/C17H21N5O6S/c1-12-16(22(24)25)11-18-21(12)13(2)17(23)19-14-3-5-15(6-4-14)29(26,27)20-7-9-28-10-8-20/h3-6,11,13H,7-10H2,1-2H3,(H,19,23). The van der Waals surface area contributed by atoms with Crippen molar-refractivity contribution >= 4 is 27.3 Å². The zero-order valence-electron chi connectivity index (χ0n) is 15.9. The van der Waals surface area contributed by atoms with E-state index in [1.54, 1.807) is 6.92 Å². The number of amides is 1. The van der Waals surface area contributed by atoms with Crippen LogP contribution in [0.5, 0.6) is 0 Å². The predicted octanol–water partition coefficient (Wildman–Crippen LogP) is 1.32. The van der Waals surface area contributed by atoms with Gasteiger partial charge in [0.05, 0.1) is 23.0 Å². The summed E-state index contributed by atoms with van der Waals surface area (Å²) in [6, 6.07) is 5.05. The Hall–Kier alpha value is -2.83. The fraction of sp³-hybridized carbons (Fsp3) is 0.412. The first-order valence-electron chi connectivity index (χ1n) is 8.89. The van der Waals surface area contributed by atoms with Gasteiger partial charge in [-0.1, -0.05) is 0 Å². The zero-order valence-corrected chi connectivity index (χ0v) is 16.8. The van der Waals surface area contributed by atoms with E-state index in [1.165, 1.54) is 40.2 Å². The van der Waals surface area contributed by atoms with Gasteiger partial charge < -0.3 is 10.1 Å². The van der Waals surface area contributed by atoms with E-state index in [0.717, 1.165) is 6.20 Å². The summed E-state index contributed by atoms with van der Waals surface area (Å²) < 4.78 is 33.1. The van der Waals surface area contributed by atoms with Gasteiger partial charge in [0.15, 0.2) is 0 Å². The minimum absolute atomic E-state index is 0.129. The maximum absolute atomic E-state index is 12.6. The van der Waals surface area contributed by atoms with Crippen molar-refractivity contribution < 1.29 is 22.9 Å². The highest BCUT2D eigenvalue weighted by Gasteiger charge is 2.27. The smallest absolute Gasteiger partial charge is 0.309 e. The number of hydrogen-bond acceptors (Lipinski definition) is 7. The van der Waals surface area contributed by atoms with Gasteiger partial charge in [-0.05, 0) is 38.1 Å². The Morgan fingerprint density at radius 3 is 2.45 bits per heavy atom. The van der Waals surface area contributed by atoms with E-state index in [1.807, 2.05) is 0 Å². The molecule has 29 heavy (non-hydrogen) atoms. The average molecular weight is 423 g/mol. The third kappa shape index (κ3) is 4.28. The first-order chi connectivity index (χ1) is 13.7. The number of benzene rings is 1. The summed E-state index contributed by atoms with van der Waals surface area (Å²) in [7, 11) is -3.61. The Morgan fingerprint density at radius 1 is 1.28 bits per heavy atom. The second kappa shape index (κ2) is 8.27. The zero-order chi connectivity index (χ0) is 21.2. The Kier molecular flexibility index (Phi) is 5.96. The van der Waals surface area contributed by atoms with Crippen LogP contribution < -0.4 is 5.32 Å². The van der Waals surface area contributed by atoms with Crippen molar-refractivity contribution in [1.29, 1.82) is 0 Å². The number of ether oxygens (including phenoxy) is 1. The Bertz CT molecular complexity index is 1010. The number of morpholine rings is 1. The van der Waals surface area contributed by atoms with Crippen LogP contribution in [-0.4, -0.2) is 59.6 Å². The van der Waals surface area contributed by atoms with E-state index in [2.05, 4.69) is 10.4 Å². The molecule has 11 nitrogen and oxygen atoms in total. The van der Waals surface area contributed by atoms with Gasteiger partial charge in [0.1, 0.15) is 17.9 Å². The van der Waals surface area contributed by atoms with Crippen LogP contribution in [0.25, 0.3) is 0 Å². The lowest BCUT2D eigenvalue weighted by Crippen LogP contribution is -2.40. The molecule has 1 fully saturated rings. The summed E-state index contributed by atoms with van der Waals surface area (Å²) in [5.74, 6) is -0.435. The highest BCUT2D eigenvalue weighted by molar-refractivity contribution is 7.89. The minimum Gasteiger partial charge on any atom is -0.379 e. The number of anilines is 1. The van der Waals surface area contributed by atoms with Crippen LogP contribution in [0.4, 0.5) is 11.4 Å². The van der Waals surface area contributed by atoms with E-state index in [-0.39, 0.29) is 16.3 Å². The molecule has 0 aliphatic carbocycles. The van der Waals surface area contributed by atoms with E-state index in [4.69, 9.17) is 4.74 Å². The van der Waals surface area contributed by atoms with Crippen molar-refractivity contribution in [1.82, 2.24) is 14.1 Å². The molecule has 1 saturated heterocycles. The topological polar surface area (TPSA) is 137 Å². The highest BCUT2D eigenvalue weighted by Crippen LogP contribution is 2.22. The quantitative estimate of drug-likeness (QED) is 0.546. The van der Waals surface area contributed by atoms with Gasteiger partial charge in [-0.25, -0.2) is 8.42 Å². The molecule has 0 bridgehead atoms. The number of rotatable bonds is 6. The third-order valence-corrected chi connectivity index (χ3v) is 6.60. The molecule has 1 aromatic carbocycles. The molecule has 12 heteroatoms. The summed E-state index contributed by atoms with van der Waals surface area (Å²) in [6.07, 6.45) is 1.10. The molecular weight excluding hydrogens is 402 g/mol. The van der Waals surface area contributed by atoms with Crippen LogP contribution in [-0.2, 0) is 19.6 Å². The van der Waals surface area contributed by atoms with Crippen molar-refractivity contribution in [3.8, 4) is 0 Å². The summed E-state index contributed by atoms with van der Waals surface area (Å²) in [6.45, 7) is 4.39. The van der Waals surface area contributed by atoms with Gasteiger partial charge in [0, 0.05) is 18.8 Å². The van der Waals surface area contributed by atoms with Crippen LogP contribution >= 0.6 is 0 Å². The van der Waals surface area contributed by atoms with Gasteiger partial charge >= 0.3 is 5.69 Å². The highest BCUT2D eigenvalue weighted by atomic mass is 32.2.